The number of aromatic hydroxyl groups is 1. The summed E-state index contributed by atoms with van der Waals surface area (Å²) in [5.41, 5.74) is 4.57. The predicted molar refractivity (Wildman–Crippen MR) is 160 cm³/mol. The molecule has 4 atom stereocenters. The number of primary amides is 1. The van der Waals surface area contributed by atoms with Gasteiger partial charge in [-0.3, -0.25) is 24.1 Å². The number of phenols is 1. The van der Waals surface area contributed by atoms with Crippen LogP contribution in [0.5, 0.6) is 5.75 Å². The van der Waals surface area contributed by atoms with Gasteiger partial charge < -0.3 is 36.4 Å². The van der Waals surface area contributed by atoms with Crippen molar-refractivity contribution in [2.24, 2.45) is 17.6 Å². The average Bonchev–Trinajstić information content (AvgIpc) is 2.93. The fourth-order valence-corrected chi connectivity index (χ4v) is 6.86. The zero-order valence-corrected chi connectivity index (χ0v) is 24.9. The van der Waals surface area contributed by atoms with Gasteiger partial charge in [0.15, 0.2) is 11.4 Å². The van der Waals surface area contributed by atoms with Gasteiger partial charge in [-0.25, -0.2) is 0 Å². The monoisotopic (exact) mass is 604 g/mol. The number of aliphatic hydroxyl groups is 3. The molecule has 2 aromatic rings. The number of amides is 2. The van der Waals surface area contributed by atoms with Crippen LogP contribution in [0.2, 0.25) is 0 Å². The minimum atomic E-state index is -2.68. The summed E-state index contributed by atoms with van der Waals surface area (Å²) in [6.07, 6.45) is 0.188. The summed E-state index contributed by atoms with van der Waals surface area (Å²) in [5, 5.41) is 47.9. The Labute approximate surface area is 254 Å². The Morgan fingerprint density at radius 1 is 1.02 bits per heavy atom. The first-order chi connectivity index (χ1) is 20.7. The third-order valence-electron chi connectivity index (χ3n) is 8.82. The number of carbonyl (C=O) groups excluding carboxylic acids is 4. The van der Waals surface area contributed by atoms with Crippen molar-refractivity contribution in [3.8, 4) is 16.9 Å². The lowest BCUT2D eigenvalue weighted by Crippen LogP contribution is -2.65. The van der Waals surface area contributed by atoms with Gasteiger partial charge in [0.05, 0.1) is 18.2 Å². The van der Waals surface area contributed by atoms with Crippen LogP contribution in [0.1, 0.15) is 23.1 Å². The lowest BCUT2D eigenvalue weighted by atomic mass is 9.57. The third kappa shape index (κ3) is 4.84. The standard InChI is InChI=1S/C32H36N4O8/c1-35(2)14-22(38)34-13-15-5-7-16(8-6-15)18-9-10-21(37)24-19(18)11-17-12-20-26(36(3)4)28(40)25(31(33)43)30(42)32(20,44)29(41)23(17)27(24)39/h5-10,17,20,26,37,39,42,44H,11-14H2,1-4H3,(H2,33,43)(H,34,38). The van der Waals surface area contributed by atoms with Crippen molar-refractivity contribution in [3.05, 3.63) is 70.0 Å². The number of hydrogen-bond acceptors (Lipinski definition) is 10. The molecule has 3 aliphatic rings. The van der Waals surface area contributed by atoms with E-state index >= 15 is 0 Å². The Morgan fingerprint density at radius 2 is 1.68 bits per heavy atom. The Balaban J connectivity index is 1.56. The second-order valence-corrected chi connectivity index (χ2v) is 12.2. The zero-order valence-electron chi connectivity index (χ0n) is 24.9. The van der Waals surface area contributed by atoms with Crippen LogP contribution in [0.3, 0.4) is 0 Å². The number of aliphatic hydroxyl groups excluding tert-OH is 2. The molecule has 4 unspecified atom stereocenters. The molecule has 0 aromatic heterocycles. The van der Waals surface area contributed by atoms with Gasteiger partial charge in [0.2, 0.25) is 11.7 Å². The highest BCUT2D eigenvalue weighted by atomic mass is 16.3. The smallest absolute Gasteiger partial charge is 0.255 e. The number of fused-ring (bicyclic) bond motifs is 3. The molecule has 0 spiro atoms. The van der Waals surface area contributed by atoms with Gasteiger partial charge in [-0.1, -0.05) is 30.3 Å². The molecular weight excluding hydrogens is 568 g/mol. The number of phenolic OH excluding ortho intramolecular Hbond substituents is 1. The molecular formula is C32H36N4O8. The first kappa shape index (κ1) is 30.9. The van der Waals surface area contributed by atoms with E-state index < -0.39 is 58.0 Å². The molecule has 0 aliphatic heterocycles. The Morgan fingerprint density at radius 3 is 2.27 bits per heavy atom. The number of nitrogens with zero attached hydrogens (tertiary/aromatic N) is 2. The van der Waals surface area contributed by atoms with E-state index in [4.69, 9.17) is 5.73 Å². The van der Waals surface area contributed by atoms with Crippen LogP contribution in [-0.4, -0.2) is 100.0 Å². The Bertz CT molecular complexity index is 1640. The number of benzene rings is 2. The highest BCUT2D eigenvalue weighted by molar-refractivity contribution is 6.24. The minimum absolute atomic E-state index is 0.00639. The van der Waals surface area contributed by atoms with Crippen molar-refractivity contribution in [1.82, 2.24) is 15.1 Å². The van der Waals surface area contributed by atoms with Gasteiger partial charge >= 0.3 is 0 Å². The molecule has 1 fully saturated rings. The Hall–Kier alpha value is -4.52. The van der Waals surface area contributed by atoms with E-state index in [2.05, 4.69) is 5.32 Å². The van der Waals surface area contributed by atoms with Crippen LogP contribution < -0.4 is 11.1 Å². The van der Waals surface area contributed by atoms with Crippen LogP contribution in [0.4, 0.5) is 0 Å². The SMILES string of the molecule is CN(C)CC(=O)NCc1ccc(-c2ccc(O)c3c2CC2CC4C(N(C)C)C(=O)C(C(N)=O)=C(O)C4(O)C(=O)C2=C3O)cc1. The number of rotatable bonds is 7. The molecule has 12 heteroatoms. The summed E-state index contributed by atoms with van der Waals surface area (Å²) in [4.78, 5) is 54.7. The highest BCUT2D eigenvalue weighted by Gasteiger charge is 2.64. The summed E-state index contributed by atoms with van der Waals surface area (Å²) in [5.74, 6) is -7.01. The molecule has 7 N–H and O–H groups in total. The van der Waals surface area contributed by atoms with Crippen LogP contribution in [0.25, 0.3) is 16.9 Å². The Kier molecular flexibility index (Phi) is 7.87. The van der Waals surface area contributed by atoms with E-state index in [-0.39, 0.29) is 42.2 Å². The maximum Gasteiger partial charge on any atom is 0.255 e. The van der Waals surface area contributed by atoms with Crippen molar-refractivity contribution in [1.29, 1.82) is 0 Å². The summed E-state index contributed by atoms with van der Waals surface area (Å²) < 4.78 is 0. The molecule has 3 aliphatic carbocycles. The molecule has 1 saturated carbocycles. The molecule has 0 bridgehead atoms. The van der Waals surface area contributed by atoms with Crippen molar-refractivity contribution >= 4 is 29.1 Å². The zero-order chi connectivity index (χ0) is 32.2. The van der Waals surface area contributed by atoms with E-state index in [1.807, 2.05) is 38.4 Å². The predicted octanol–water partition coefficient (Wildman–Crippen LogP) is 0.809. The topological polar surface area (TPSA) is 194 Å². The van der Waals surface area contributed by atoms with E-state index in [0.29, 0.717) is 17.7 Å². The first-order valence-corrected chi connectivity index (χ1v) is 14.2. The van der Waals surface area contributed by atoms with E-state index in [0.717, 1.165) is 11.1 Å². The number of carbonyl (C=O) groups is 4. The number of likely N-dealkylation sites (N-methyl/N-ethyl adjacent to an activating group) is 2. The average molecular weight is 605 g/mol. The lowest BCUT2D eigenvalue weighted by molar-refractivity contribution is -0.153. The van der Waals surface area contributed by atoms with Gasteiger partial charge in [0, 0.05) is 18.0 Å². The summed E-state index contributed by atoms with van der Waals surface area (Å²) in [6, 6.07) is 9.40. The van der Waals surface area contributed by atoms with Gasteiger partial charge in [-0.05, 0) is 75.3 Å². The number of hydrogen-bond donors (Lipinski definition) is 6. The molecule has 44 heavy (non-hydrogen) atoms. The molecule has 2 aromatic carbocycles. The maximum atomic E-state index is 14.0. The summed E-state index contributed by atoms with van der Waals surface area (Å²) in [6.45, 7) is 0.608. The van der Waals surface area contributed by atoms with Crippen LogP contribution in [-0.2, 0) is 32.1 Å². The van der Waals surface area contributed by atoms with Crippen LogP contribution >= 0.6 is 0 Å². The number of Topliss-reactive ketones (excluding diaryl/α,β-unsaturated/α-hetero) is 2. The van der Waals surface area contributed by atoms with Crippen molar-refractivity contribution in [2.45, 2.75) is 31.0 Å². The second kappa shape index (κ2) is 11.2. The third-order valence-corrected chi connectivity index (χ3v) is 8.82. The fraction of sp³-hybridized carbons (Fsp3) is 0.375. The highest BCUT2D eigenvalue weighted by Crippen LogP contribution is 2.53. The van der Waals surface area contributed by atoms with E-state index in [1.165, 1.54) is 11.0 Å². The number of ketones is 2. The number of nitrogens with one attached hydrogen (secondary N) is 1. The second-order valence-electron chi connectivity index (χ2n) is 12.2. The van der Waals surface area contributed by atoms with Crippen molar-refractivity contribution in [3.63, 3.8) is 0 Å². The summed E-state index contributed by atoms with van der Waals surface area (Å²) in [7, 11) is 6.73. The van der Waals surface area contributed by atoms with Crippen LogP contribution in [0, 0.1) is 11.8 Å². The molecule has 0 heterocycles. The van der Waals surface area contributed by atoms with E-state index in [1.54, 1.807) is 25.1 Å². The van der Waals surface area contributed by atoms with Crippen molar-refractivity contribution in [2.75, 3.05) is 34.7 Å². The molecule has 5 rings (SSSR count). The first-order valence-electron chi connectivity index (χ1n) is 14.2. The lowest BCUT2D eigenvalue weighted by Gasteiger charge is -2.50. The molecule has 0 saturated heterocycles. The normalized spacial score (nSPS) is 24.8. The number of nitrogens with two attached hydrogens (primary N) is 1. The molecule has 0 radical (unpaired) electrons. The maximum absolute atomic E-state index is 14.0. The van der Waals surface area contributed by atoms with Gasteiger partial charge in [-0.2, -0.15) is 0 Å². The van der Waals surface area contributed by atoms with Gasteiger partial charge in [0.25, 0.3) is 5.91 Å². The quantitative estimate of drug-likeness (QED) is 0.246. The van der Waals surface area contributed by atoms with Crippen molar-refractivity contribution < 1.29 is 39.6 Å². The van der Waals surface area contributed by atoms with Crippen LogP contribution in [0.15, 0.2) is 53.3 Å². The molecule has 2 amide bonds. The van der Waals surface area contributed by atoms with Gasteiger partial charge in [0.1, 0.15) is 22.8 Å². The minimum Gasteiger partial charge on any atom is -0.508 e. The molecule has 12 nitrogen and oxygen atoms in total. The summed E-state index contributed by atoms with van der Waals surface area (Å²) >= 11 is 0. The van der Waals surface area contributed by atoms with E-state index in [9.17, 15) is 39.6 Å². The molecule has 232 valence electrons. The van der Waals surface area contributed by atoms with Gasteiger partial charge in [-0.15, -0.1) is 0 Å². The largest absolute Gasteiger partial charge is 0.508 e. The fourth-order valence-electron chi connectivity index (χ4n) is 6.86.